The number of rotatable bonds is 5. The van der Waals surface area contributed by atoms with Crippen molar-refractivity contribution in [3.63, 3.8) is 0 Å². The minimum Gasteiger partial charge on any atom is -0.394 e. The van der Waals surface area contributed by atoms with Gasteiger partial charge in [0.2, 0.25) is 0 Å². The molecule has 70 valence electrons. The third-order valence-electron chi connectivity index (χ3n) is 1.06. The van der Waals surface area contributed by atoms with Crippen molar-refractivity contribution in [2.75, 3.05) is 19.8 Å². The average molecular weight is 174 g/mol. The molecule has 0 aliphatic rings. The lowest BCUT2D eigenvalue weighted by molar-refractivity contribution is 0.150. The van der Waals surface area contributed by atoms with Crippen molar-refractivity contribution in [2.45, 2.75) is 6.04 Å². The molecule has 0 amide bonds. The first-order valence-electron chi connectivity index (χ1n) is 3.49. The smallest absolute Gasteiger partial charge is 0.186 e. The van der Waals surface area contributed by atoms with E-state index in [1.165, 1.54) is 0 Å². The highest BCUT2D eigenvalue weighted by atomic mass is 16.6. The predicted molar refractivity (Wildman–Crippen MR) is 47.1 cm³/mol. The zero-order valence-corrected chi connectivity index (χ0v) is 6.81. The van der Waals surface area contributed by atoms with Gasteiger partial charge in [0.1, 0.15) is 6.61 Å². The van der Waals surface area contributed by atoms with E-state index in [1.54, 1.807) is 0 Å². The molecule has 1 atom stereocenters. The largest absolute Gasteiger partial charge is 0.394 e. The van der Waals surface area contributed by atoms with E-state index in [9.17, 15) is 0 Å². The lowest BCUT2D eigenvalue weighted by atomic mass is 10.3. The second-order valence-corrected chi connectivity index (χ2v) is 2.02. The highest BCUT2D eigenvalue weighted by Crippen LogP contribution is 1.88. The van der Waals surface area contributed by atoms with Crippen molar-refractivity contribution in [3.05, 3.63) is 0 Å². The summed E-state index contributed by atoms with van der Waals surface area (Å²) < 4.78 is 0. The first-order chi connectivity index (χ1) is 5.76. The molecule has 0 saturated carbocycles. The van der Waals surface area contributed by atoms with Crippen LogP contribution in [0, 0.1) is 0 Å². The van der Waals surface area contributed by atoms with Crippen LogP contribution in [-0.4, -0.2) is 43.5 Å². The summed E-state index contributed by atoms with van der Waals surface area (Å²) in [6.07, 6.45) is 0. The maximum Gasteiger partial charge on any atom is 0.186 e. The summed E-state index contributed by atoms with van der Waals surface area (Å²) in [7, 11) is 0. The fraction of sp³-hybridized carbons (Fsp3) is 0.667. The monoisotopic (exact) mass is 174 g/mol. The molecule has 1 unspecified atom stereocenters. The molecule has 0 aromatic carbocycles. The normalized spacial score (nSPS) is 14.1. The molecule has 0 aliphatic heterocycles. The molecule has 0 fully saturated rings. The van der Waals surface area contributed by atoms with E-state index in [-0.39, 0.29) is 19.0 Å². The molecule has 0 radical (unpaired) electrons. The van der Waals surface area contributed by atoms with Crippen molar-refractivity contribution in [3.8, 4) is 0 Å². The third kappa shape index (κ3) is 4.02. The van der Waals surface area contributed by atoms with Gasteiger partial charge in [-0.05, 0) is 6.72 Å². The Bertz CT molecular complexity index is 160. The van der Waals surface area contributed by atoms with E-state index in [0.29, 0.717) is 6.54 Å². The summed E-state index contributed by atoms with van der Waals surface area (Å²) >= 11 is 0. The summed E-state index contributed by atoms with van der Waals surface area (Å²) in [5, 5.41) is 12.1. The van der Waals surface area contributed by atoms with Gasteiger partial charge < -0.3 is 21.4 Å². The molecule has 0 spiro atoms. The van der Waals surface area contributed by atoms with Crippen LogP contribution < -0.4 is 11.5 Å². The Morgan fingerprint density at radius 1 is 1.67 bits per heavy atom. The lowest BCUT2D eigenvalue weighted by Crippen LogP contribution is -2.33. The van der Waals surface area contributed by atoms with Gasteiger partial charge in [0.05, 0.1) is 12.6 Å². The van der Waals surface area contributed by atoms with Crippen LogP contribution in [0.3, 0.4) is 0 Å². The number of amidine groups is 1. The van der Waals surface area contributed by atoms with Crippen LogP contribution in [-0.2, 0) is 4.84 Å². The van der Waals surface area contributed by atoms with Gasteiger partial charge in [-0.3, -0.25) is 0 Å². The van der Waals surface area contributed by atoms with Crippen LogP contribution in [0.1, 0.15) is 0 Å². The standard InChI is InChI=1S/C6H14N4O2/c1-9-6(5(8)4-11)10-12-3-2-7/h5,11H,1-4,7-8H2/b10-6-. The van der Waals surface area contributed by atoms with Crippen LogP contribution in [0.5, 0.6) is 0 Å². The van der Waals surface area contributed by atoms with E-state index < -0.39 is 6.04 Å². The molecule has 0 aromatic heterocycles. The zero-order valence-electron chi connectivity index (χ0n) is 6.81. The summed E-state index contributed by atoms with van der Waals surface area (Å²) in [6, 6.07) is -0.653. The Labute approximate surface area is 70.9 Å². The molecule has 12 heavy (non-hydrogen) atoms. The highest BCUT2D eigenvalue weighted by molar-refractivity contribution is 5.90. The first-order valence-corrected chi connectivity index (χ1v) is 3.49. The Kier molecular flexibility index (Phi) is 6.16. The summed E-state index contributed by atoms with van der Waals surface area (Å²) in [6.45, 7) is 3.63. The number of hydrogen-bond acceptors (Lipinski definition) is 5. The van der Waals surface area contributed by atoms with E-state index in [4.69, 9.17) is 21.4 Å². The molecule has 0 heterocycles. The number of aliphatic hydroxyl groups excluding tert-OH is 1. The predicted octanol–water partition coefficient (Wildman–Crippen LogP) is -1.70. The van der Waals surface area contributed by atoms with Crippen LogP contribution in [0.4, 0.5) is 0 Å². The van der Waals surface area contributed by atoms with E-state index in [2.05, 4.69) is 16.9 Å². The summed E-state index contributed by atoms with van der Waals surface area (Å²) in [5.74, 6) is 0.172. The Morgan fingerprint density at radius 3 is 2.75 bits per heavy atom. The molecule has 0 rings (SSSR count). The zero-order chi connectivity index (χ0) is 9.40. The second-order valence-electron chi connectivity index (χ2n) is 2.02. The van der Waals surface area contributed by atoms with Gasteiger partial charge in [0.25, 0.3) is 0 Å². The van der Waals surface area contributed by atoms with Crippen LogP contribution in [0.25, 0.3) is 0 Å². The molecule has 0 aliphatic carbocycles. The molecule has 6 nitrogen and oxygen atoms in total. The van der Waals surface area contributed by atoms with Gasteiger partial charge in [0, 0.05) is 6.54 Å². The maximum atomic E-state index is 8.62. The molecular formula is C6H14N4O2. The topological polar surface area (TPSA) is 106 Å². The number of nitrogens with zero attached hydrogens (tertiary/aromatic N) is 2. The Hall–Kier alpha value is -0.980. The molecule has 0 aromatic rings. The van der Waals surface area contributed by atoms with E-state index >= 15 is 0 Å². The second kappa shape index (κ2) is 6.71. The van der Waals surface area contributed by atoms with E-state index in [1.807, 2.05) is 0 Å². The van der Waals surface area contributed by atoms with Gasteiger partial charge in [0.15, 0.2) is 5.84 Å². The summed E-state index contributed by atoms with van der Waals surface area (Å²) in [5.41, 5.74) is 10.5. The molecular weight excluding hydrogens is 160 g/mol. The maximum absolute atomic E-state index is 8.62. The fourth-order valence-electron chi connectivity index (χ4n) is 0.460. The summed E-state index contributed by atoms with van der Waals surface area (Å²) in [4.78, 5) is 8.18. The minimum atomic E-state index is -0.653. The third-order valence-corrected chi connectivity index (χ3v) is 1.06. The average Bonchev–Trinajstić information content (AvgIpc) is 2.11. The number of aliphatic hydroxyl groups is 1. The van der Waals surface area contributed by atoms with Gasteiger partial charge in [-0.1, -0.05) is 5.16 Å². The number of aliphatic imine (C=N–C) groups is 1. The van der Waals surface area contributed by atoms with Crippen molar-refractivity contribution in [1.82, 2.24) is 0 Å². The van der Waals surface area contributed by atoms with Crippen LogP contribution in [0.2, 0.25) is 0 Å². The van der Waals surface area contributed by atoms with Crippen molar-refractivity contribution in [1.29, 1.82) is 0 Å². The van der Waals surface area contributed by atoms with Gasteiger partial charge in [-0.15, -0.1) is 0 Å². The lowest BCUT2D eigenvalue weighted by Gasteiger charge is -2.05. The SMILES string of the molecule is C=N/C(=N\OCCN)C(N)CO. The van der Waals surface area contributed by atoms with Crippen molar-refractivity contribution >= 4 is 12.6 Å². The number of hydrogen-bond donors (Lipinski definition) is 3. The van der Waals surface area contributed by atoms with Crippen molar-refractivity contribution in [2.24, 2.45) is 21.6 Å². The van der Waals surface area contributed by atoms with Gasteiger partial charge >= 0.3 is 0 Å². The van der Waals surface area contributed by atoms with E-state index in [0.717, 1.165) is 0 Å². The molecule has 0 saturated heterocycles. The number of oxime groups is 1. The number of nitrogens with two attached hydrogens (primary N) is 2. The molecule has 6 heteroatoms. The quantitative estimate of drug-likeness (QED) is 0.200. The van der Waals surface area contributed by atoms with Crippen LogP contribution >= 0.6 is 0 Å². The first kappa shape index (κ1) is 11.0. The van der Waals surface area contributed by atoms with Gasteiger partial charge in [-0.2, -0.15) is 0 Å². The Balaban J connectivity index is 3.94. The minimum absolute atomic E-state index is 0.172. The fourth-order valence-corrected chi connectivity index (χ4v) is 0.460. The van der Waals surface area contributed by atoms with Gasteiger partial charge in [-0.25, -0.2) is 4.99 Å². The molecule has 5 N–H and O–H groups in total. The molecule has 0 bridgehead atoms. The van der Waals surface area contributed by atoms with Crippen molar-refractivity contribution < 1.29 is 9.94 Å². The Morgan fingerprint density at radius 2 is 2.33 bits per heavy atom. The highest BCUT2D eigenvalue weighted by Gasteiger charge is 2.07. The van der Waals surface area contributed by atoms with Crippen LogP contribution in [0.15, 0.2) is 10.1 Å².